The molecule has 8 nitrogen and oxygen atoms in total. The van der Waals surface area contributed by atoms with Gasteiger partial charge in [-0.25, -0.2) is 5.43 Å². The number of aromatic nitrogens is 3. The van der Waals surface area contributed by atoms with E-state index in [-0.39, 0.29) is 56.2 Å². The van der Waals surface area contributed by atoms with E-state index < -0.39 is 18.0 Å². The summed E-state index contributed by atoms with van der Waals surface area (Å²) in [6.07, 6.45) is -3.70. The SMILES string of the molecule is O=C1CCC(C(=O)NCc2nnc3n2CC(C(F)(F)F)CC3)=NN1. The molecule has 0 radical (unpaired) electrons. The number of nitrogens with one attached hydrogen (secondary N) is 2. The van der Waals surface area contributed by atoms with Crippen LogP contribution in [0.1, 0.15) is 30.9 Å². The highest BCUT2D eigenvalue weighted by molar-refractivity contribution is 6.39. The van der Waals surface area contributed by atoms with Crippen molar-refractivity contribution >= 4 is 17.5 Å². The standard InChI is InChI=1S/C13H15F3N6O2/c14-13(15,16)7-1-3-9-19-20-10(22(9)6-7)5-17-12(24)8-2-4-11(23)21-18-8/h7H,1-6H2,(H,17,24)(H,21,23). The lowest BCUT2D eigenvalue weighted by Crippen LogP contribution is -2.37. The minimum absolute atomic E-state index is 0.00943. The van der Waals surface area contributed by atoms with Crippen LogP contribution in [0.2, 0.25) is 0 Å². The van der Waals surface area contributed by atoms with Gasteiger partial charge in [-0.3, -0.25) is 9.59 Å². The van der Waals surface area contributed by atoms with Crippen molar-refractivity contribution in [2.24, 2.45) is 11.0 Å². The minimum atomic E-state index is -4.27. The third-order valence-electron chi connectivity index (χ3n) is 4.06. The van der Waals surface area contributed by atoms with Crippen molar-refractivity contribution in [1.29, 1.82) is 0 Å². The Morgan fingerprint density at radius 3 is 2.75 bits per heavy atom. The lowest BCUT2D eigenvalue weighted by molar-refractivity contribution is -0.182. The Kier molecular flexibility index (Phi) is 4.24. The van der Waals surface area contributed by atoms with E-state index in [1.807, 2.05) is 0 Å². The summed E-state index contributed by atoms with van der Waals surface area (Å²) in [4.78, 5) is 22.9. The number of fused-ring (bicyclic) bond motifs is 1. The van der Waals surface area contributed by atoms with Crippen LogP contribution in [0.15, 0.2) is 5.10 Å². The van der Waals surface area contributed by atoms with Crippen LogP contribution in [0, 0.1) is 5.92 Å². The van der Waals surface area contributed by atoms with Gasteiger partial charge in [0.05, 0.1) is 12.5 Å². The normalized spacial score (nSPS) is 20.9. The molecule has 1 aromatic rings. The summed E-state index contributed by atoms with van der Waals surface area (Å²) in [6.45, 7) is -0.294. The van der Waals surface area contributed by atoms with E-state index in [0.29, 0.717) is 5.82 Å². The number of alkyl halides is 3. The van der Waals surface area contributed by atoms with Crippen LogP contribution in [0.25, 0.3) is 0 Å². The van der Waals surface area contributed by atoms with Gasteiger partial charge < -0.3 is 9.88 Å². The first-order chi connectivity index (χ1) is 11.3. The molecule has 0 saturated carbocycles. The molecule has 0 spiro atoms. The third kappa shape index (κ3) is 3.39. The number of aryl methyl sites for hydroxylation is 1. The lowest BCUT2D eigenvalue weighted by atomic mass is 9.99. The number of hydrogen-bond donors (Lipinski definition) is 2. The van der Waals surface area contributed by atoms with Gasteiger partial charge in [0, 0.05) is 25.8 Å². The third-order valence-corrected chi connectivity index (χ3v) is 4.06. The van der Waals surface area contributed by atoms with Crippen molar-refractivity contribution in [3.63, 3.8) is 0 Å². The zero-order chi connectivity index (χ0) is 17.3. The molecule has 2 amide bonds. The van der Waals surface area contributed by atoms with Crippen LogP contribution in [0.3, 0.4) is 0 Å². The van der Waals surface area contributed by atoms with Gasteiger partial charge in [-0.1, -0.05) is 0 Å². The second-order valence-electron chi connectivity index (χ2n) is 5.70. The Morgan fingerprint density at radius 2 is 2.08 bits per heavy atom. The van der Waals surface area contributed by atoms with Crippen molar-refractivity contribution in [3.8, 4) is 0 Å². The fourth-order valence-electron chi connectivity index (χ4n) is 2.68. The first kappa shape index (κ1) is 16.4. The number of hydrogen-bond acceptors (Lipinski definition) is 5. The Bertz CT molecular complexity index is 696. The summed E-state index contributed by atoms with van der Waals surface area (Å²) in [5, 5.41) is 13.9. The average molecular weight is 344 g/mol. The predicted octanol–water partition coefficient (Wildman–Crippen LogP) is 0.285. The van der Waals surface area contributed by atoms with Crippen molar-refractivity contribution in [2.75, 3.05) is 0 Å². The summed E-state index contributed by atoms with van der Waals surface area (Å²) in [6, 6.07) is 0. The summed E-state index contributed by atoms with van der Waals surface area (Å²) in [5.41, 5.74) is 2.38. The van der Waals surface area contributed by atoms with Crippen LogP contribution >= 0.6 is 0 Å². The van der Waals surface area contributed by atoms with E-state index in [4.69, 9.17) is 0 Å². The fourth-order valence-corrected chi connectivity index (χ4v) is 2.68. The number of rotatable bonds is 3. The Morgan fingerprint density at radius 1 is 1.29 bits per heavy atom. The molecule has 1 atom stereocenters. The van der Waals surface area contributed by atoms with Gasteiger partial charge in [-0.15, -0.1) is 10.2 Å². The van der Waals surface area contributed by atoms with Gasteiger partial charge in [0.15, 0.2) is 5.82 Å². The molecule has 0 saturated heterocycles. The van der Waals surface area contributed by atoms with E-state index in [1.54, 1.807) is 0 Å². The Labute approximate surface area is 134 Å². The molecule has 1 aromatic heterocycles. The molecule has 2 N–H and O–H groups in total. The van der Waals surface area contributed by atoms with E-state index in [1.165, 1.54) is 4.57 Å². The smallest absolute Gasteiger partial charge is 0.344 e. The maximum atomic E-state index is 12.9. The molecule has 3 heterocycles. The topological polar surface area (TPSA) is 101 Å². The van der Waals surface area contributed by atoms with Crippen LogP contribution in [-0.4, -0.2) is 38.5 Å². The van der Waals surface area contributed by atoms with E-state index >= 15 is 0 Å². The highest BCUT2D eigenvalue weighted by atomic mass is 19.4. The quantitative estimate of drug-likeness (QED) is 0.823. The van der Waals surface area contributed by atoms with Crippen molar-refractivity contribution in [2.45, 2.75) is 44.9 Å². The molecule has 2 aliphatic heterocycles. The van der Waals surface area contributed by atoms with Crippen LogP contribution in [0.4, 0.5) is 13.2 Å². The van der Waals surface area contributed by atoms with Crippen LogP contribution in [0.5, 0.6) is 0 Å². The molecular weight excluding hydrogens is 329 g/mol. The zero-order valence-electron chi connectivity index (χ0n) is 12.6. The largest absolute Gasteiger partial charge is 0.393 e. The predicted molar refractivity (Wildman–Crippen MR) is 74.5 cm³/mol. The maximum absolute atomic E-state index is 12.9. The Hall–Kier alpha value is -2.46. The Balaban J connectivity index is 1.64. The summed E-state index contributed by atoms with van der Waals surface area (Å²) in [5.74, 6) is -1.44. The second kappa shape index (κ2) is 6.21. The number of carbonyl (C=O) groups is 2. The molecule has 130 valence electrons. The number of hydrazone groups is 1. The molecule has 11 heteroatoms. The van der Waals surface area contributed by atoms with Gasteiger partial charge in [0.1, 0.15) is 11.5 Å². The molecule has 2 aliphatic rings. The first-order valence-electron chi connectivity index (χ1n) is 7.46. The van der Waals surface area contributed by atoms with Crippen molar-refractivity contribution in [1.82, 2.24) is 25.5 Å². The molecule has 0 aliphatic carbocycles. The highest BCUT2D eigenvalue weighted by Crippen LogP contribution is 2.34. The van der Waals surface area contributed by atoms with E-state index in [0.717, 1.165) is 0 Å². The lowest BCUT2D eigenvalue weighted by Gasteiger charge is -2.26. The number of amides is 2. The van der Waals surface area contributed by atoms with Gasteiger partial charge in [0.25, 0.3) is 5.91 Å². The van der Waals surface area contributed by atoms with Gasteiger partial charge >= 0.3 is 6.18 Å². The zero-order valence-corrected chi connectivity index (χ0v) is 12.6. The monoisotopic (exact) mass is 344 g/mol. The van der Waals surface area contributed by atoms with E-state index in [2.05, 4.69) is 26.0 Å². The molecule has 0 fully saturated rings. The van der Waals surface area contributed by atoms with Crippen molar-refractivity contribution < 1.29 is 22.8 Å². The summed E-state index contributed by atoms with van der Waals surface area (Å²) >= 11 is 0. The fraction of sp³-hybridized carbons (Fsp3) is 0.615. The average Bonchev–Trinajstić information content (AvgIpc) is 2.95. The number of halogens is 3. The van der Waals surface area contributed by atoms with Crippen LogP contribution in [-0.2, 0) is 29.1 Å². The molecule has 0 bridgehead atoms. The number of carbonyl (C=O) groups excluding carboxylic acids is 2. The first-order valence-corrected chi connectivity index (χ1v) is 7.46. The molecule has 0 aromatic carbocycles. The van der Waals surface area contributed by atoms with E-state index in [9.17, 15) is 22.8 Å². The second-order valence-corrected chi connectivity index (χ2v) is 5.70. The van der Waals surface area contributed by atoms with Gasteiger partial charge in [0.2, 0.25) is 5.91 Å². The van der Waals surface area contributed by atoms with Gasteiger partial charge in [-0.05, 0) is 6.42 Å². The number of nitrogens with zero attached hydrogens (tertiary/aromatic N) is 4. The summed E-state index contributed by atoms with van der Waals surface area (Å²) in [7, 11) is 0. The molecule has 24 heavy (non-hydrogen) atoms. The van der Waals surface area contributed by atoms with Gasteiger partial charge in [-0.2, -0.15) is 18.3 Å². The highest BCUT2D eigenvalue weighted by Gasteiger charge is 2.42. The minimum Gasteiger partial charge on any atom is -0.344 e. The maximum Gasteiger partial charge on any atom is 0.393 e. The van der Waals surface area contributed by atoms with Crippen molar-refractivity contribution in [3.05, 3.63) is 11.6 Å². The molecule has 3 rings (SSSR count). The summed E-state index contributed by atoms with van der Waals surface area (Å²) < 4.78 is 40.1. The molecule has 1 unspecified atom stereocenters. The molecular formula is C13H15F3N6O2. The van der Waals surface area contributed by atoms with Crippen LogP contribution < -0.4 is 10.7 Å².